The number of hydrogen-bond donors (Lipinski definition) is 0. The van der Waals surface area contributed by atoms with Gasteiger partial charge < -0.3 is 4.90 Å². The van der Waals surface area contributed by atoms with Gasteiger partial charge in [-0.15, -0.1) is 6.42 Å². The molecule has 3 nitrogen and oxygen atoms in total. The lowest BCUT2D eigenvalue weighted by molar-refractivity contribution is -0.0210. The summed E-state index contributed by atoms with van der Waals surface area (Å²) in [5, 5.41) is 0.662. The first kappa shape index (κ1) is 23.4. The summed E-state index contributed by atoms with van der Waals surface area (Å²) in [4.78, 5) is 10.3. The lowest BCUT2D eigenvalue weighted by Gasteiger charge is -2.29. The molecule has 170 valence electrons. The maximum absolute atomic E-state index is 15.1. The lowest BCUT2D eigenvalue weighted by atomic mass is 9.98. The average molecular weight is 490 g/mol. The number of rotatable bonds is 3. The highest BCUT2D eigenvalue weighted by molar-refractivity contribution is 6.34. The van der Waals surface area contributed by atoms with Gasteiger partial charge in [0.05, 0.1) is 10.6 Å². The fourth-order valence-corrected chi connectivity index (χ4v) is 4.59. The number of anilines is 1. The molecule has 1 fully saturated rings. The highest BCUT2D eigenvalue weighted by Gasteiger charge is 2.30. The van der Waals surface area contributed by atoms with Crippen LogP contribution in [0.3, 0.4) is 0 Å². The van der Waals surface area contributed by atoms with E-state index in [1.165, 1.54) is 24.5 Å². The number of pyridine rings is 2. The van der Waals surface area contributed by atoms with Crippen LogP contribution in [-0.4, -0.2) is 29.0 Å². The maximum Gasteiger partial charge on any atom is 0.248 e. The van der Waals surface area contributed by atoms with Crippen molar-refractivity contribution in [2.45, 2.75) is 31.6 Å². The molecule has 0 spiro atoms. The molecule has 3 heterocycles. The van der Waals surface area contributed by atoms with Crippen molar-refractivity contribution in [2.75, 3.05) is 18.0 Å². The van der Waals surface area contributed by atoms with Gasteiger partial charge in [0.25, 0.3) is 0 Å². The van der Waals surface area contributed by atoms with Crippen LogP contribution in [0.1, 0.15) is 31.2 Å². The third-order valence-corrected chi connectivity index (χ3v) is 6.29. The first-order valence-corrected chi connectivity index (χ1v) is 11.2. The fraction of sp³-hybridized carbons (Fsp3) is 0.280. The Balaban J connectivity index is 1.63. The summed E-state index contributed by atoms with van der Waals surface area (Å²) >= 11 is 13.0. The molecule has 0 N–H and O–H groups in total. The van der Waals surface area contributed by atoms with Crippen LogP contribution in [0.2, 0.25) is 10.0 Å². The second kappa shape index (κ2) is 9.62. The van der Waals surface area contributed by atoms with E-state index in [-0.39, 0.29) is 18.4 Å². The zero-order valence-corrected chi connectivity index (χ0v) is 19.1. The SMILES string of the molecule is C#Cc1cnccc1-c1cc(Cl)c(-c2cnc(N3CCCC(F)(F)CCC3)c(Cl)c2)cc1F. The minimum absolute atomic E-state index is 0.153. The predicted molar refractivity (Wildman–Crippen MR) is 126 cm³/mol. The third kappa shape index (κ3) is 5.10. The molecule has 0 saturated carbocycles. The van der Waals surface area contributed by atoms with E-state index in [1.807, 2.05) is 4.90 Å². The molecule has 0 atom stereocenters. The summed E-state index contributed by atoms with van der Waals surface area (Å²) in [6, 6.07) is 6.14. The number of terminal acetylenes is 1. The normalized spacial score (nSPS) is 16.1. The van der Waals surface area contributed by atoms with Crippen molar-refractivity contribution in [3.05, 3.63) is 64.3 Å². The number of benzene rings is 1. The van der Waals surface area contributed by atoms with Crippen LogP contribution in [0.15, 0.2) is 42.9 Å². The van der Waals surface area contributed by atoms with Crippen LogP contribution in [0, 0.1) is 18.2 Å². The van der Waals surface area contributed by atoms with Crippen LogP contribution in [-0.2, 0) is 0 Å². The van der Waals surface area contributed by atoms with Crippen molar-refractivity contribution in [2.24, 2.45) is 0 Å². The molecule has 3 aromatic rings. The number of alkyl halides is 2. The summed E-state index contributed by atoms with van der Waals surface area (Å²) in [5.41, 5.74) is 2.23. The van der Waals surface area contributed by atoms with E-state index in [0.717, 1.165) is 0 Å². The number of halogens is 5. The van der Waals surface area contributed by atoms with E-state index in [9.17, 15) is 8.78 Å². The minimum Gasteiger partial charge on any atom is -0.355 e. The van der Waals surface area contributed by atoms with Gasteiger partial charge in [-0.3, -0.25) is 4.98 Å². The Labute approximate surface area is 200 Å². The van der Waals surface area contributed by atoms with Gasteiger partial charge in [-0.05, 0) is 37.1 Å². The molecule has 1 aliphatic rings. The molecule has 1 aromatic carbocycles. The van der Waals surface area contributed by atoms with Gasteiger partial charge in [0.1, 0.15) is 11.6 Å². The number of aromatic nitrogens is 2. The van der Waals surface area contributed by atoms with E-state index < -0.39 is 11.7 Å². The smallest absolute Gasteiger partial charge is 0.248 e. The number of hydrogen-bond acceptors (Lipinski definition) is 3. The second-order valence-electron chi connectivity index (χ2n) is 7.96. The van der Waals surface area contributed by atoms with Gasteiger partial charge in [-0.25, -0.2) is 18.2 Å². The van der Waals surface area contributed by atoms with Crippen molar-refractivity contribution in [1.29, 1.82) is 0 Å². The van der Waals surface area contributed by atoms with Crippen molar-refractivity contribution in [1.82, 2.24) is 9.97 Å². The molecular weight excluding hydrogens is 470 g/mol. The van der Waals surface area contributed by atoms with Gasteiger partial charge in [0, 0.05) is 71.8 Å². The standard InChI is InChI=1S/C25H20Cl2F3N3/c1-2-16-14-31-8-5-18(16)20-12-21(26)19(13-23(20)28)17-11-22(27)24(32-15-17)33-9-3-6-25(29,30)7-4-10-33/h1,5,8,11-15H,3-4,6-7,9-10H2. The predicted octanol–water partition coefficient (Wildman–Crippen LogP) is 7.25. The van der Waals surface area contributed by atoms with Gasteiger partial charge >= 0.3 is 0 Å². The van der Waals surface area contributed by atoms with Gasteiger partial charge in [0.2, 0.25) is 5.92 Å². The Morgan fingerprint density at radius 1 is 0.970 bits per heavy atom. The average Bonchev–Trinajstić information content (AvgIpc) is 2.78. The second-order valence-corrected chi connectivity index (χ2v) is 8.77. The van der Waals surface area contributed by atoms with Crippen LogP contribution in [0.25, 0.3) is 22.3 Å². The molecule has 2 aromatic heterocycles. The summed E-state index contributed by atoms with van der Waals surface area (Å²) in [5.74, 6) is -0.0906. The molecule has 0 radical (unpaired) electrons. The topological polar surface area (TPSA) is 29.0 Å². The lowest BCUT2D eigenvalue weighted by Crippen LogP contribution is -2.32. The van der Waals surface area contributed by atoms with Gasteiger partial charge in [0.15, 0.2) is 0 Å². The molecule has 0 unspecified atom stereocenters. The van der Waals surface area contributed by atoms with Crippen LogP contribution in [0.4, 0.5) is 19.0 Å². The van der Waals surface area contributed by atoms with E-state index >= 15 is 4.39 Å². The third-order valence-electron chi connectivity index (χ3n) is 5.70. The molecule has 0 amide bonds. The van der Waals surface area contributed by atoms with E-state index in [0.29, 0.717) is 64.0 Å². The van der Waals surface area contributed by atoms with Gasteiger partial charge in [-0.1, -0.05) is 29.1 Å². The monoisotopic (exact) mass is 489 g/mol. The van der Waals surface area contributed by atoms with Crippen molar-refractivity contribution in [3.63, 3.8) is 0 Å². The Bertz CT molecular complexity index is 1210. The summed E-state index contributed by atoms with van der Waals surface area (Å²) in [6.07, 6.45) is 10.5. The van der Waals surface area contributed by atoms with Crippen molar-refractivity contribution in [3.8, 4) is 34.6 Å². The first-order chi connectivity index (χ1) is 15.8. The molecule has 4 rings (SSSR count). The van der Waals surface area contributed by atoms with Crippen molar-refractivity contribution < 1.29 is 13.2 Å². The summed E-state index contributed by atoms with van der Waals surface area (Å²) < 4.78 is 42.3. The van der Waals surface area contributed by atoms with Crippen LogP contribution in [0.5, 0.6) is 0 Å². The molecule has 8 heteroatoms. The molecular formula is C25H20Cl2F3N3. The molecule has 1 aliphatic heterocycles. The van der Waals surface area contributed by atoms with Crippen molar-refractivity contribution >= 4 is 29.0 Å². The Kier molecular flexibility index (Phi) is 6.83. The Morgan fingerprint density at radius 2 is 1.70 bits per heavy atom. The summed E-state index contributed by atoms with van der Waals surface area (Å²) in [7, 11) is 0. The zero-order chi connectivity index (χ0) is 23.6. The largest absolute Gasteiger partial charge is 0.355 e. The van der Waals surface area contributed by atoms with E-state index in [2.05, 4.69) is 15.9 Å². The van der Waals surface area contributed by atoms with E-state index in [1.54, 1.807) is 18.3 Å². The number of nitrogens with zero attached hydrogens (tertiary/aromatic N) is 3. The summed E-state index contributed by atoms with van der Waals surface area (Å²) in [6.45, 7) is 0.879. The Hall–Kier alpha value is -2.75. The maximum atomic E-state index is 15.1. The van der Waals surface area contributed by atoms with Crippen LogP contribution >= 0.6 is 23.2 Å². The fourth-order valence-electron chi connectivity index (χ4n) is 4.04. The molecule has 0 bridgehead atoms. The van der Waals surface area contributed by atoms with Gasteiger partial charge in [-0.2, -0.15) is 0 Å². The Morgan fingerprint density at radius 3 is 2.36 bits per heavy atom. The molecule has 1 saturated heterocycles. The minimum atomic E-state index is -2.61. The quantitative estimate of drug-likeness (QED) is 0.362. The molecule has 33 heavy (non-hydrogen) atoms. The highest BCUT2D eigenvalue weighted by atomic mass is 35.5. The van der Waals surface area contributed by atoms with E-state index in [4.69, 9.17) is 29.6 Å². The molecule has 0 aliphatic carbocycles. The van der Waals surface area contributed by atoms with Crippen LogP contribution < -0.4 is 4.90 Å². The first-order valence-electron chi connectivity index (χ1n) is 10.5. The highest BCUT2D eigenvalue weighted by Crippen LogP contribution is 2.38. The zero-order valence-electron chi connectivity index (χ0n) is 17.6.